The molecule has 9 nitrogen and oxygen atoms in total. The number of aromatic nitrogens is 1. The van der Waals surface area contributed by atoms with Gasteiger partial charge in [-0.3, -0.25) is 19.7 Å². The van der Waals surface area contributed by atoms with E-state index < -0.39 is 11.0 Å². The van der Waals surface area contributed by atoms with Crippen molar-refractivity contribution in [2.24, 2.45) is 0 Å². The summed E-state index contributed by atoms with van der Waals surface area (Å²) in [6.07, 6.45) is 1.59. The highest BCUT2D eigenvalue weighted by molar-refractivity contribution is 5.89. The number of hydrogen-bond acceptors (Lipinski definition) is 6. The highest BCUT2D eigenvalue weighted by Crippen LogP contribution is 2.28. The Kier molecular flexibility index (Phi) is 8.41. The molecule has 4 rings (SSSR count). The quantitative estimate of drug-likeness (QED) is 0.195. The maximum Gasteiger partial charge on any atom is 0.269 e. The summed E-state index contributed by atoms with van der Waals surface area (Å²) in [6, 6.07) is 18.4. The van der Waals surface area contributed by atoms with E-state index in [1.54, 1.807) is 29.3 Å². The number of pyridine rings is 1. The summed E-state index contributed by atoms with van der Waals surface area (Å²) in [7, 11) is 0. The van der Waals surface area contributed by atoms with Gasteiger partial charge in [-0.05, 0) is 59.7 Å². The molecule has 0 spiro atoms. The van der Waals surface area contributed by atoms with Gasteiger partial charge in [0.15, 0.2) is 0 Å². The molecule has 0 aliphatic rings. The van der Waals surface area contributed by atoms with Crippen molar-refractivity contribution in [2.75, 3.05) is 18.5 Å². The lowest BCUT2D eigenvalue weighted by Crippen LogP contribution is -2.37. The van der Waals surface area contributed by atoms with Gasteiger partial charge in [-0.2, -0.15) is 0 Å². The van der Waals surface area contributed by atoms with Crippen LogP contribution in [0, 0.1) is 17.0 Å². The lowest BCUT2D eigenvalue weighted by Gasteiger charge is -2.28. The van der Waals surface area contributed by atoms with Crippen LogP contribution in [0.5, 0.6) is 0 Å². The van der Waals surface area contributed by atoms with E-state index in [9.17, 15) is 24.8 Å². The summed E-state index contributed by atoms with van der Waals surface area (Å²) in [6.45, 7) is 6.34. The van der Waals surface area contributed by atoms with Gasteiger partial charge in [0, 0.05) is 55.0 Å². The number of likely N-dealkylation sites (N-methyl/N-ethyl adjacent to an activating group) is 1. The molecule has 0 saturated heterocycles. The maximum absolute atomic E-state index is 14.0. The van der Waals surface area contributed by atoms with Gasteiger partial charge in [0.2, 0.25) is 5.91 Å². The van der Waals surface area contributed by atoms with Gasteiger partial charge in [0.25, 0.3) is 11.2 Å². The van der Waals surface area contributed by atoms with Crippen LogP contribution in [0.15, 0.2) is 77.7 Å². The van der Waals surface area contributed by atoms with Crippen LogP contribution in [-0.2, 0) is 11.3 Å². The molecule has 4 aromatic rings. The van der Waals surface area contributed by atoms with Crippen LogP contribution in [0.1, 0.15) is 48.1 Å². The highest BCUT2D eigenvalue weighted by Gasteiger charge is 2.27. The number of aromatic amines is 1. The number of benzene rings is 3. The monoisotopic (exact) mass is 528 g/mol. The normalized spacial score (nSPS) is 12.6. The minimum Gasteiger partial charge on any atom is -0.396 e. The molecule has 0 fully saturated rings. The average Bonchev–Trinajstić information content (AvgIpc) is 2.94. The SMILES string of the molecule is CCN(Cc1cccc([N+](=O)[O-])c1)C(=O)C(Nc1ccc2cc[nH]c(=O)c2c1)c1ccc([C@@H](C)CO)c(C)c1. The molecule has 0 aliphatic heterocycles. The third kappa shape index (κ3) is 6.15. The average molecular weight is 529 g/mol. The van der Waals surface area contributed by atoms with Crippen LogP contribution >= 0.6 is 0 Å². The molecule has 2 atom stereocenters. The first-order valence-electron chi connectivity index (χ1n) is 12.8. The van der Waals surface area contributed by atoms with Gasteiger partial charge in [0.05, 0.1) is 4.92 Å². The minimum atomic E-state index is -0.791. The maximum atomic E-state index is 14.0. The predicted octanol–water partition coefficient (Wildman–Crippen LogP) is 5.04. The number of fused-ring (bicyclic) bond motifs is 1. The predicted molar refractivity (Wildman–Crippen MR) is 152 cm³/mol. The molecule has 9 heteroatoms. The Hall–Kier alpha value is -4.50. The summed E-state index contributed by atoms with van der Waals surface area (Å²) in [5.74, 6) is -0.261. The van der Waals surface area contributed by atoms with Gasteiger partial charge < -0.3 is 20.3 Å². The van der Waals surface area contributed by atoms with Crippen LogP contribution in [0.3, 0.4) is 0 Å². The summed E-state index contributed by atoms with van der Waals surface area (Å²) in [5.41, 5.74) is 3.67. The molecule has 1 unspecified atom stereocenters. The molecule has 3 N–H and O–H groups in total. The Morgan fingerprint density at radius 2 is 1.92 bits per heavy atom. The second kappa shape index (κ2) is 11.9. The van der Waals surface area contributed by atoms with E-state index in [4.69, 9.17) is 0 Å². The number of aliphatic hydroxyl groups is 1. The Morgan fingerprint density at radius 1 is 1.13 bits per heavy atom. The number of hydrogen-bond donors (Lipinski definition) is 3. The fourth-order valence-electron chi connectivity index (χ4n) is 4.77. The summed E-state index contributed by atoms with van der Waals surface area (Å²) in [5, 5.41) is 25.5. The summed E-state index contributed by atoms with van der Waals surface area (Å²) >= 11 is 0. The first kappa shape index (κ1) is 27.5. The standard InChI is InChI=1S/C30H32N4O5/c1-4-33(17-21-6-5-7-25(15-21)34(38)39)30(37)28(23-9-11-26(19(2)14-23)20(3)18-35)32-24-10-8-22-12-13-31-29(36)27(22)16-24/h5-16,20,28,32,35H,4,17-18H2,1-3H3,(H,31,36)/t20-,28?/m0/s1. The van der Waals surface area contributed by atoms with E-state index in [1.165, 1.54) is 12.1 Å². The number of aliphatic hydroxyl groups excluding tert-OH is 1. The van der Waals surface area contributed by atoms with E-state index in [0.29, 0.717) is 23.2 Å². The number of H-pyrrole nitrogens is 1. The van der Waals surface area contributed by atoms with Crippen LogP contribution in [0.2, 0.25) is 0 Å². The topological polar surface area (TPSA) is 129 Å². The number of carbonyl (C=O) groups excluding carboxylic acids is 1. The first-order valence-corrected chi connectivity index (χ1v) is 12.8. The van der Waals surface area contributed by atoms with E-state index in [2.05, 4.69) is 10.3 Å². The molecule has 1 amide bonds. The Labute approximate surface area is 226 Å². The molecular weight excluding hydrogens is 496 g/mol. The number of carbonyl (C=O) groups is 1. The molecule has 3 aromatic carbocycles. The largest absolute Gasteiger partial charge is 0.396 e. The number of nitro benzene ring substituents is 1. The smallest absolute Gasteiger partial charge is 0.269 e. The zero-order valence-electron chi connectivity index (χ0n) is 22.2. The summed E-state index contributed by atoms with van der Waals surface area (Å²) in [4.78, 5) is 41.6. The lowest BCUT2D eigenvalue weighted by atomic mass is 9.93. The lowest BCUT2D eigenvalue weighted by molar-refractivity contribution is -0.384. The van der Waals surface area contributed by atoms with Crippen LogP contribution in [0.25, 0.3) is 10.8 Å². The van der Waals surface area contributed by atoms with Crippen molar-refractivity contribution >= 4 is 28.1 Å². The van der Waals surface area contributed by atoms with E-state index >= 15 is 0 Å². The van der Waals surface area contributed by atoms with Crippen LogP contribution in [-0.4, -0.2) is 39.0 Å². The van der Waals surface area contributed by atoms with Gasteiger partial charge >= 0.3 is 0 Å². The molecule has 202 valence electrons. The number of anilines is 1. The van der Waals surface area contributed by atoms with Crippen molar-refractivity contribution in [1.29, 1.82) is 0 Å². The number of nitrogens with zero attached hydrogens (tertiary/aromatic N) is 2. The van der Waals surface area contributed by atoms with Crippen LogP contribution in [0.4, 0.5) is 11.4 Å². The van der Waals surface area contributed by atoms with Gasteiger partial charge in [-0.15, -0.1) is 0 Å². The molecule has 1 heterocycles. The fourth-order valence-corrected chi connectivity index (χ4v) is 4.77. The molecule has 39 heavy (non-hydrogen) atoms. The number of non-ortho nitro benzene ring substituents is 1. The molecule has 0 aliphatic carbocycles. The number of aryl methyl sites for hydroxylation is 1. The third-order valence-electron chi connectivity index (χ3n) is 6.95. The summed E-state index contributed by atoms with van der Waals surface area (Å²) < 4.78 is 0. The van der Waals surface area contributed by atoms with Gasteiger partial charge in [-0.1, -0.05) is 43.3 Å². The molecule has 0 saturated carbocycles. The second-order valence-corrected chi connectivity index (χ2v) is 9.67. The highest BCUT2D eigenvalue weighted by atomic mass is 16.6. The first-order chi connectivity index (χ1) is 18.7. The van der Waals surface area contributed by atoms with E-state index in [-0.39, 0.29) is 36.2 Å². The van der Waals surface area contributed by atoms with Crippen molar-refractivity contribution in [3.05, 3.63) is 116 Å². The Bertz CT molecular complexity index is 1560. The number of nitrogens with one attached hydrogen (secondary N) is 2. The number of rotatable bonds is 10. The fraction of sp³-hybridized carbons (Fsp3) is 0.267. The van der Waals surface area contributed by atoms with Crippen molar-refractivity contribution in [2.45, 2.75) is 39.3 Å². The molecular formula is C30H32N4O5. The van der Waals surface area contributed by atoms with E-state index in [0.717, 1.165) is 22.1 Å². The van der Waals surface area contributed by atoms with Crippen molar-refractivity contribution < 1.29 is 14.8 Å². The Balaban J connectivity index is 1.73. The molecule has 1 aromatic heterocycles. The van der Waals surface area contributed by atoms with Crippen LogP contribution < -0.4 is 10.9 Å². The van der Waals surface area contributed by atoms with Crippen molar-refractivity contribution in [1.82, 2.24) is 9.88 Å². The molecule has 0 radical (unpaired) electrons. The second-order valence-electron chi connectivity index (χ2n) is 9.67. The zero-order chi connectivity index (χ0) is 28.1. The van der Waals surface area contributed by atoms with E-state index in [1.807, 2.05) is 57.2 Å². The van der Waals surface area contributed by atoms with Crippen molar-refractivity contribution in [3.8, 4) is 0 Å². The minimum absolute atomic E-state index is 0.0132. The third-order valence-corrected chi connectivity index (χ3v) is 6.95. The zero-order valence-corrected chi connectivity index (χ0v) is 22.2. The molecule has 0 bridgehead atoms. The van der Waals surface area contributed by atoms with Gasteiger partial charge in [0.1, 0.15) is 6.04 Å². The van der Waals surface area contributed by atoms with Gasteiger partial charge in [-0.25, -0.2) is 0 Å². The number of nitro groups is 1. The Morgan fingerprint density at radius 3 is 2.62 bits per heavy atom. The van der Waals surface area contributed by atoms with Crippen molar-refractivity contribution in [3.63, 3.8) is 0 Å². The number of amides is 1.